The van der Waals surface area contributed by atoms with Crippen molar-refractivity contribution in [3.05, 3.63) is 64.7 Å². The lowest BCUT2D eigenvalue weighted by Crippen LogP contribution is -2.50. The number of rotatable bonds is 9. The molecule has 2 rings (SSSR count). The van der Waals surface area contributed by atoms with Crippen LogP contribution in [0.25, 0.3) is 0 Å². The van der Waals surface area contributed by atoms with Crippen molar-refractivity contribution >= 4 is 11.8 Å². The number of likely N-dealkylation sites (N-methyl/N-ethyl adjacent to an activating group) is 1. The maximum Gasteiger partial charge on any atom is 0.261 e. The molecule has 1 N–H and O–H groups in total. The maximum atomic E-state index is 13.1. The number of hydrogen-bond donors (Lipinski definition) is 1. The molecule has 0 radical (unpaired) electrons. The van der Waals surface area contributed by atoms with Gasteiger partial charge in [0.15, 0.2) is 6.61 Å². The van der Waals surface area contributed by atoms with Crippen molar-refractivity contribution < 1.29 is 14.3 Å². The minimum atomic E-state index is -0.536. The van der Waals surface area contributed by atoms with Gasteiger partial charge in [-0.15, -0.1) is 0 Å². The number of nitrogens with zero attached hydrogens (tertiary/aromatic N) is 1. The fraction of sp³-hybridized carbons (Fsp3) is 0.417. The van der Waals surface area contributed by atoms with Crippen LogP contribution in [-0.2, 0) is 16.1 Å². The van der Waals surface area contributed by atoms with Gasteiger partial charge in [0, 0.05) is 13.1 Å². The average molecular weight is 397 g/mol. The average Bonchev–Trinajstić information content (AvgIpc) is 2.65. The first-order chi connectivity index (χ1) is 13.8. The molecule has 0 spiro atoms. The molecular formula is C24H32N2O3. The Morgan fingerprint density at radius 1 is 1.00 bits per heavy atom. The summed E-state index contributed by atoms with van der Waals surface area (Å²) in [4.78, 5) is 27.3. The van der Waals surface area contributed by atoms with Gasteiger partial charge in [-0.05, 0) is 62.9 Å². The van der Waals surface area contributed by atoms with E-state index in [1.165, 1.54) is 0 Å². The van der Waals surface area contributed by atoms with E-state index in [1.54, 1.807) is 4.90 Å². The minimum Gasteiger partial charge on any atom is -0.484 e. The number of carbonyl (C=O) groups excluding carboxylic acids is 2. The lowest BCUT2D eigenvalue weighted by Gasteiger charge is -2.30. The lowest BCUT2D eigenvalue weighted by atomic mass is 10.1. The van der Waals surface area contributed by atoms with E-state index in [1.807, 2.05) is 71.0 Å². The summed E-state index contributed by atoms with van der Waals surface area (Å²) < 4.78 is 5.78. The second kappa shape index (κ2) is 10.6. The molecule has 1 atom stereocenters. The third-order valence-electron chi connectivity index (χ3n) is 4.73. The van der Waals surface area contributed by atoms with Crippen molar-refractivity contribution in [2.24, 2.45) is 0 Å². The molecule has 2 amide bonds. The minimum absolute atomic E-state index is 0.107. The Morgan fingerprint density at radius 3 is 2.28 bits per heavy atom. The molecule has 2 aromatic rings. The van der Waals surface area contributed by atoms with Gasteiger partial charge in [0.25, 0.3) is 5.91 Å². The van der Waals surface area contributed by atoms with Crippen LogP contribution in [0.3, 0.4) is 0 Å². The third kappa shape index (κ3) is 6.63. The number of benzene rings is 2. The van der Waals surface area contributed by atoms with Gasteiger partial charge in [0.05, 0.1) is 0 Å². The molecule has 0 bridgehead atoms. The zero-order valence-electron chi connectivity index (χ0n) is 18.1. The molecule has 29 heavy (non-hydrogen) atoms. The first-order valence-corrected chi connectivity index (χ1v) is 10.2. The summed E-state index contributed by atoms with van der Waals surface area (Å²) in [6.45, 7) is 10.6. The van der Waals surface area contributed by atoms with Crippen LogP contribution in [-0.4, -0.2) is 35.9 Å². The van der Waals surface area contributed by atoms with E-state index in [9.17, 15) is 9.59 Å². The normalized spacial score (nSPS) is 11.6. The second-order valence-electron chi connectivity index (χ2n) is 7.44. The molecule has 0 aliphatic rings. The van der Waals surface area contributed by atoms with Gasteiger partial charge in [0.1, 0.15) is 11.8 Å². The highest BCUT2D eigenvalue weighted by Gasteiger charge is 2.28. The van der Waals surface area contributed by atoms with Crippen molar-refractivity contribution in [2.75, 3.05) is 13.2 Å². The quantitative estimate of drug-likeness (QED) is 0.699. The topological polar surface area (TPSA) is 58.6 Å². The maximum absolute atomic E-state index is 13.1. The number of carbonyl (C=O) groups is 2. The molecule has 0 saturated carbocycles. The highest BCUT2D eigenvalue weighted by atomic mass is 16.5. The standard InChI is InChI=1S/C24H32N2O3/c1-6-22(24(28)25-7-2)26(15-20-10-8-9-17(3)12-20)23(27)16-29-21-13-18(4)11-19(5)14-21/h8-14,22H,6-7,15-16H2,1-5H3,(H,25,28)/t22-/m0/s1. The first kappa shape index (κ1) is 22.5. The van der Waals surface area contributed by atoms with Crippen molar-refractivity contribution in [3.8, 4) is 5.75 Å². The van der Waals surface area contributed by atoms with Gasteiger partial charge in [-0.3, -0.25) is 9.59 Å². The largest absolute Gasteiger partial charge is 0.484 e. The first-order valence-electron chi connectivity index (χ1n) is 10.2. The molecule has 0 saturated heterocycles. The van der Waals surface area contributed by atoms with Crippen molar-refractivity contribution in [2.45, 2.75) is 53.6 Å². The van der Waals surface area contributed by atoms with Crippen LogP contribution in [0.2, 0.25) is 0 Å². The van der Waals surface area contributed by atoms with E-state index in [-0.39, 0.29) is 18.4 Å². The number of ether oxygens (including phenoxy) is 1. The third-order valence-corrected chi connectivity index (χ3v) is 4.73. The van der Waals surface area contributed by atoms with Gasteiger partial charge in [-0.2, -0.15) is 0 Å². The predicted octanol–water partition coefficient (Wildman–Crippen LogP) is 3.93. The second-order valence-corrected chi connectivity index (χ2v) is 7.44. The fourth-order valence-electron chi connectivity index (χ4n) is 3.46. The molecule has 0 aromatic heterocycles. The SMILES string of the molecule is CCNC(=O)[C@H](CC)N(Cc1cccc(C)c1)C(=O)COc1cc(C)cc(C)c1. The molecule has 0 unspecified atom stereocenters. The van der Waals surface area contributed by atoms with E-state index >= 15 is 0 Å². The molecular weight excluding hydrogens is 364 g/mol. The molecule has 0 heterocycles. The molecule has 5 heteroatoms. The Bertz CT molecular complexity index is 828. The molecule has 0 fully saturated rings. The van der Waals surface area contributed by atoms with Crippen LogP contribution in [0.5, 0.6) is 5.75 Å². The zero-order valence-corrected chi connectivity index (χ0v) is 18.1. The van der Waals surface area contributed by atoms with Crippen LogP contribution < -0.4 is 10.1 Å². The number of nitrogens with one attached hydrogen (secondary N) is 1. The Kier molecular flexibility index (Phi) is 8.25. The van der Waals surface area contributed by atoms with E-state index in [4.69, 9.17) is 4.74 Å². The van der Waals surface area contributed by atoms with E-state index in [0.717, 1.165) is 22.3 Å². The Labute approximate surface area is 174 Å². The fourth-order valence-corrected chi connectivity index (χ4v) is 3.46. The monoisotopic (exact) mass is 396 g/mol. The van der Waals surface area contributed by atoms with Gasteiger partial charge < -0.3 is 15.0 Å². The van der Waals surface area contributed by atoms with Crippen LogP contribution in [0.15, 0.2) is 42.5 Å². The van der Waals surface area contributed by atoms with Crippen molar-refractivity contribution in [3.63, 3.8) is 0 Å². The van der Waals surface area contributed by atoms with Gasteiger partial charge in [0.2, 0.25) is 5.91 Å². The molecule has 2 aromatic carbocycles. The summed E-state index contributed by atoms with van der Waals surface area (Å²) in [5.74, 6) is 0.323. The smallest absolute Gasteiger partial charge is 0.261 e. The highest BCUT2D eigenvalue weighted by molar-refractivity contribution is 5.88. The summed E-state index contributed by atoms with van der Waals surface area (Å²) in [5, 5.41) is 2.84. The molecule has 156 valence electrons. The van der Waals surface area contributed by atoms with E-state index in [2.05, 4.69) is 11.4 Å². The summed E-state index contributed by atoms with van der Waals surface area (Å²) in [5.41, 5.74) is 4.27. The number of amides is 2. The van der Waals surface area contributed by atoms with Crippen LogP contribution in [0, 0.1) is 20.8 Å². The summed E-state index contributed by atoms with van der Waals surface area (Å²) in [6.07, 6.45) is 0.535. The van der Waals surface area contributed by atoms with E-state index < -0.39 is 6.04 Å². The Balaban J connectivity index is 2.21. The Morgan fingerprint density at radius 2 is 1.69 bits per heavy atom. The summed E-state index contributed by atoms with van der Waals surface area (Å²) in [7, 11) is 0. The van der Waals surface area contributed by atoms with Gasteiger partial charge in [-0.25, -0.2) is 0 Å². The van der Waals surface area contributed by atoms with E-state index in [0.29, 0.717) is 25.3 Å². The Hall–Kier alpha value is -2.82. The van der Waals surface area contributed by atoms with Gasteiger partial charge in [-0.1, -0.05) is 42.8 Å². The molecule has 5 nitrogen and oxygen atoms in total. The van der Waals surface area contributed by atoms with Crippen molar-refractivity contribution in [1.82, 2.24) is 10.2 Å². The summed E-state index contributed by atoms with van der Waals surface area (Å²) in [6, 6.07) is 13.3. The van der Waals surface area contributed by atoms with Crippen LogP contribution in [0.4, 0.5) is 0 Å². The number of hydrogen-bond acceptors (Lipinski definition) is 3. The predicted molar refractivity (Wildman–Crippen MR) is 116 cm³/mol. The van der Waals surface area contributed by atoms with Gasteiger partial charge >= 0.3 is 0 Å². The van der Waals surface area contributed by atoms with Crippen LogP contribution in [0.1, 0.15) is 42.5 Å². The summed E-state index contributed by atoms with van der Waals surface area (Å²) >= 11 is 0. The number of aryl methyl sites for hydroxylation is 3. The highest BCUT2D eigenvalue weighted by Crippen LogP contribution is 2.18. The molecule has 0 aliphatic carbocycles. The van der Waals surface area contributed by atoms with Crippen molar-refractivity contribution in [1.29, 1.82) is 0 Å². The molecule has 0 aliphatic heterocycles. The lowest BCUT2D eigenvalue weighted by molar-refractivity contribution is -0.142. The van der Waals surface area contributed by atoms with Crippen LogP contribution >= 0.6 is 0 Å². The zero-order chi connectivity index (χ0) is 21.4.